The standard InChI is InChI=1S/C14H14F3N3O2/c1-2-5-9-8-11(20-19-9)13(21)22-12(14(15,16)17)10-6-3-4-7-18-10/h3-4,6-8,12H,2,5H2,1H3,(H,19,20)/t12-/m1/s1. The smallest absolute Gasteiger partial charge is 0.431 e. The molecule has 5 nitrogen and oxygen atoms in total. The van der Waals surface area contributed by atoms with Crippen molar-refractivity contribution in [1.29, 1.82) is 0 Å². The van der Waals surface area contributed by atoms with Crippen LogP contribution in [-0.4, -0.2) is 27.3 Å². The highest BCUT2D eigenvalue weighted by Gasteiger charge is 2.45. The van der Waals surface area contributed by atoms with Crippen molar-refractivity contribution in [2.24, 2.45) is 0 Å². The molecule has 0 bridgehead atoms. The topological polar surface area (TPSA) is 67.9 Å². The Kier molecular flexibility index (Phi) is 4.79. The molecule has 0 unspecified atom stereocenters. The van der Waals surface area contributed by atoms with Crippen LogP contribution in [0.25, 0.3) is 0 Å². The molecule has 0 spiro atoms. The van der Waals surface area contributed by atoms with E-state index in [-0.39, 0.29) is 11.4 Å². The number of nitrogens with zero attached hydrogens (tertiary/aromatic N) is 2. The minimum atomic E-state index is -4.76. The largest absolute Gasteiger partial charge is 0.441 e. The van der Waals surface area contributed by atoms with Crippen molar-refractivity contribution in [2.45, 2.75) is 32.0 Å². The fourth-order valence-corrected chi connectivity index (χ4v) is 1.86. The molecule has 1 N–H and O–H groups in total. The van der Waals surface area contributed by atoms with E-state index in [1.807, 2.05) is 6.92 Å². The van der Waals surface area contributed by atoms with Gasteiger partial charge < -0.3 is 4.74 Å². The Labute approximate surface area is 124 Å². The molecule has 2 aromatic heterocycles. The van der Waals surface area contributed by atoms with Crippen molar-refractivity contribution in [3.63, 3.8) is 0 Å². The number of ether oxygens (including phenoxy) is 1. The van der Waals surface area contributed by atoms with E-state index in [9.17, 15) is 18.0 Å². The van der Waals surface area contributed by atoms with Crippen molar-refractivity contribution >= 4 is 5.97 Å². The Morgan fingerprint density at radius 1 is 1.41 bits per heavy atom. The van der Waals surface area contributed by atoms with E-state index in [4.69, 9.17) is 0 Å². The number of nitrogens with one attached hydrogen (secondary N) is 1. The number of esters is 1. The lowest BCUT2D eigenvalue weighted by atomic mass is 10.2. The Morgan fingerprint density at radius 2 is 2.18 bits per heavy atom. The van der Waals surface area contributed by atoms with Crippen LogP contribution in [0.3, 0.4) is 0 Å². The summed E-state index contributed by atoms with van der Waals surface area (Å²) in [6, 6.07) is 5.41. The molecule has 0 aliphatic heterocycles. The van der Waals surface area contributed by atoms with Gasteiger partial charge >= 0.3 is 12.1 Å². The second-order valence-electron chi connectivity index (χ2n) is 4.61. The maximum atomic E-state index is 13.1. The van der Waals surface area contributed by atoms with Gasteiger partial charge in [-0.15, -0.1) is 0 Å². The normalized spacial score (nSPS) is 12.9. The highest BCUT2D eigenvalue weighted by Crippen LogP contribution is 2.35. The molecule has 118 valence electrons. The van der Waals surface area contributed by atoms with Crippen molar-refractivity contribution in [3.8, 4) is 0 Å². The van der Waals surface area contributed by atoms with E-state index < -0.39 is 18.2 Å². The van der Waals surface area contributed by atoms with Crippen LogP contribution in [0.15, 0.2) is 30.5 Å². The molecule has 8 heteroatoms. The van der Waals surface area contributed by atoms with Gasteiger partial charge in [-0.3, -0.25) is 10.1 Å². The lowest BCUT2D eigenvalue weighted by Gasteiger charge is -2.19. The maximum absolute atomic E-state index is 13.1. The van der Waals surface area contributed by atoms with Crippen LogP contribution in [-0.2, 0) is 11.2 Å². The van der Waals surface area contributed by atoms with Gasteiger partial charge in [0.2, 0.25) is 6.10 Å². The van der Waals surface area contributed by atoms with E-state index in [1.54, 1.807) is 0 Å². The summed E-state index contributed by atoms with van der Waals surface area (Å²) < 4.78 is 43.8. The minimum Gasteiger partial charge on any atom is -0.441 e. The molecule has 2 aromatic rings. The average Bonchev–Trinajstić information content (AvgIpc) is 2.93. The van der Waals surface area contributed by atoms with Crippen LogP contribution < -0.4 is 0 Å². The SMILES string of the molecule is CCCc1cc(C(=O)O[C@H](c2ccccn2)C(F)(F)F)n[nH]1. The quantitative estimate of drug-likeness (QED) is 0.861. The molecule has 0 aliphatic carbocycles. The molecule has 0 fully saturated rings. The Balaban J connectivity index is 2.18. The van der Waals surface area contributed by atoms with Gasteiger partial charge in [0.05, 0.1) is 5.69 Å². The summed E-state index contributed by atoms with van der Waals surface area (Å²) in [5, 5.41) is 6.27. The number of alkyl halides is 3. The molecule has 1 atom stereocenters. The van der Waals surface area contributed by atoms with E-state index in [1.165, 1.54) is 24.4 Å². The van der Waals surface area contributed by atoms with E-state index in [0.717, 1.165) is 12.5 Å². The third-order valence-electron chi connectivity index (χ3n) is 2.84. The number of hydrogen-bond acceptors (Lipinski definition) is 4. The Hall–Kier alpha value is -2.38. The Bertz CT molecular complexity index is 626. The maximum Gasteiger partial charge on any atom is 0.431 e. The van der Waals surface area contributed by atoms with Crippen LogP contribution in [0.2, 0.25) is 0 Å². The highest BCUT2D eigenvalue weighted by atomic mass is 19.4. The molecular formula is C14H14F3N3O2. The summed E-state index contributed by atoms with van der Waals surface area (Å²) >= 11 is 0. The van der Waals surface area contributed by atoms with Gasteiger partial charge in [-0.25, -0.2) is 4.79 Å². The molecule has 0 saturated heterocycles. The van der Waals surface area contributed by atoms with Crippen molar-refractivity contribution in [1.82, 2.24) is 15.2 Å². The fraction of sp³-hybridized carbons (Fsp3) is 0.357. The number of carbonyl (C=O) groups is 1. The van der Waals surface area contributed by atoms with Gasteiger partial charge in [-0.05, 0) is 24.6 Å². The van der Waals surface area contributed by atoms with Crippen LogP contribution >= 0.6 is 0 Å². The number of pyridine rings is 1. The molecule has 0 amide bonds. The summed E-state index contributed by atoms with van der Waals surface area (Å²) in [5.74, 6) is -1.15. The zero-order valence-corrected chi connectivity index (χ0v) is 11.7. The molecular weight excluding hydrogens is 299 g/mol. The van der Waals surface area contributed by atoms with E-state index >= 15 is 0 Å². The summed E-state index contributed by atoms with van der Waals surface area (Å²) in [4.78, 5) is 15.5. The lowest BCUT2D eigenvalue weighted by Crippen LogP contribution is -2.27. The van der Waals surface area contributed by atoms with Crippen LogP contribution in [0, 0.1) is 0 Å². The molecule has 0 aliphatic rings. The number of hydrogen-bond donors (Lipinski definition) is 1. The molecule has 0 saturated carbocycles. The summed E-state index contributed by atoms with van der Waals surface area (Å²) in [6.07, 6.45) is -4.52. The van der Waals surface area contributed by atoms with Crippen molar-refractivity contribution in [2.75, 3.05) is 0 Å². The second kappa shape index (κ2) is 6.59. The predicted octanol–water partition coefficient (Wildman–Crippen LogP) is 3.22. The zero-order chi connectivity index (χ0) is 16.2. The van der Waals surface area contributed by atoms with Crippen LogP contribution in [0.4, 0.5) is 13.2 Å². The average molecular weight is 313 g/mol. The van der Waals surface area contributed by atoms with E-state index in [2.05, 4.69) is 19.9 Å². The number of H-pyrrole nitrogens is 1. The van der Waals surface area contributed by atoms with Gasteiger partial charge in [0, 0.05) is 11.9 Å². The third-order valence-corrected chi connectivity index (χ3v) is 2.84. The predicted molar refractivity (Wildman–Crippen MR) is 71.0 cm³/mol. The highest BCUT2D eigenvalue weighted by molar-refractivity contribution is 5.87. The number of aryl methyl sites for hydroxylation is 1. The fourth-order valence-electron chi connectivity index (χ4n) is 1.86. The molecule has 22 heavy (non-hydrogen) atoms. The van der Waals surface area contributed by atoms with Crippen LogP contribution in [0.5, 0.6) is 0 Å². The van der Waals surface area contributed by atoms with Gasteiger partial charge in [-0.1, -0.05) is 19.4 Å². The third kappa shape index (κ3) is 3.84. The van der Waals surface area contributed by atoms with Gasteiger partial charge in [0.15, 0.2) is 5.69 Å². The van der Waals surface area contributed by atoms with Gasteiger partial charge in [-0.2, -0.15) is 18.3 Å². The monoisotopic (exact) mass is 313 g/mol. The van der Waals surface area contributed by atoms with Crippen molar-refractivity contribution < 1.29 is 22.7 Å². The summed E-state index contributed by atoms with van der Waals surface area (Å²) in [5.41, 5.74) is 0.0946. The first-order chi connectivity index (χ1) is 10.4. The summed E-state index contributed by atoms with van der Waals surface area (Å²) in [6.45, 7) is 1.93. The first-order valence-electron chi connectivity index (χ1n) is 6.64. The molecule has 2 rings (SSSR count). The van der Waals surface area contributed by atoms with Crippen molar-refractivity contribution in [3.05, 3.63) is 47.5 Å². The minimum absolute atomic E-state index is 0.186. The molecule has 2 heterocycles. The van der Waals surface area contributed by atoms with Gasteiger partial charge in [0.1, 0.15) is 0 Å². The number of aromatic amines is 1. The molecule has 0 aromatic carbocycles. The first kappa shape index (κ1) is 16.0. The summed E-state index contributed by atoms with van der Waals surface area (Å²) in [7, 11) is 0. The molecule has 0 radical (unpaired) electrons. The second-order valence-corrected chi connectivity index (χ2v) is 4.61. The van der Waals surface area contributed by atoms with E-state index in [0.29, 0.717) is 12.1 Å². The first-order valence-corrected chi connectivity index (χ1v) is 6.64. The zero-order valence-electron chi connectivity index (χ0n) is 11.7. The number of rotatable bonds is 5. The Morgan fingerprint density at radius 3 is 2.77 bits per heavy atom. The number of aromatic nitrogens is 3. The van der Waals surface area contributed by atoms with Gasteiger partial charge in [0.25, 0.3) is 0 Å². The number of halogens is 3. The van der Waals surface area contributed by atoms with Crippen LogP contribution in [0.1, 0.15) is 41.3 Å². The number of carbonyl (C=O) groups excluding carboxylic acids is 1. The lowest BCUT2D eigenvalue weighted by molar-refractivity contribution is -0.208.